The number of nitrogens with one attached hydrogen (secondary N) is 1. The normalized spacial score (nSPS) is 18.2. The van der Waals surface area contributed by atoms with Crippen molar-refractivity contribution in [2.75, 3.05) is 38.7 Å². The Morgan fingerprint density at radius 2 is 1.90 bits per heavy atom. The highest BCUT2D eigenvalue weighted by Crippen LogP contribution is 2.30. The van der Waals surface area contributed by atoms with Crippen LogP contribution in [0.25, 0.3) is 0 Å². The van der Waals surface area contributed by atoms with E-state index < -0.39 is 21.9 Å². The van der Waals surface area contributed by atoms with Crippen LogP contribution in [0.3, 0.4) is 0 Å². The fraction of sp³-hybridized carbons (Fsp3) is 0.250. The molecule has 2 aromatic carbocycles. The summed E-state index contributed by atoms with van der Waals surface area (Å²) in [5.41, 5.74) is 1.29. The van der Waals surface area contributed by atoms with Crippen molar-refractivity contribution in [3.63, 3.8) is 0 Å². The maximum atomic E-state index is 13.0. The third-order valence-corrected chi connectivity index (χ3v) is 6.75. The molecule has 10 heteroatoms. The number of methoxy groups -OCH3 is 1. The highest BCUT2D eigenvalue weighted by atomic mass is 32.2. The van der Waals surface area contributed by atoms with Crippen LogP contribution in [0, 0.1) is 0 Å². The molecule has 156 valence electrons. The molecule has 0 atom stereocenters. The molecule has 0 bridgehead atoms. The number of ether oxygens (including phenoxy) is 2. The number of carbonyl (C=O) groups excluding carboxylic acids is 2. The van der Waals surface area contributed by atoms with Gasteiger partial charge in [-0.25, -0.2) is 18.2 Å². The first-order valence-corrected chi connectivity index (χ1v) is 10.7. The molecule has 1 amide bonds. The first-order chi connectivity index (χ1) is 14.4. The van der Waals surface area contributed by atoms with Crippen molar-refractivity contribution in [1.29, 1.82) is 0 Å². The number of amides is 1. The average molecular weight is 429 g/mol. The van der Waals surface area contributed by atoms with E-state index in [2.05, 4.69) is 10.3 Å². The van der Waals surface area contributed by atoms with Crippen LogP contribution < -0.4 is 5.32 Å². The Hall–Kier alpha value is -3.08. The van der Waals surface area contributed by atoms with Crippen LogP contribution in [-0.2, 0) is 24.3 Å². The van der Waals surface area contributed by atoms with E-state index in [-0.39, 0.29) is 34.9 Å². The minimum absolute atomic E-state index is 0.0281. The molecule has 0 radical (unpaired) electrons. The van der Waals surface area contributed by atoms with Gasteiger partial charge in [0.15, 0.2) is 0 Å². The van der Waals surface area contributed by atoms with E-state index in [0.29, 0.717) is 24.5 Å². The Morgan fingerprint density at radius 3 is 2.63 bits per heavy atom. The van der Waals surface area contributed by atoms with Gasteiger partial charge in [-0.3, -0.25) is 4.79 Å². The number of sulfonamides is 1. The van der Waals surface area contributed by atoms with E-state index in [4.69, 9.17) is 9.47 Å². The van der Waals surface area contributed by atoms with Crippen molar-refractivity contribution in [1.82, 2.24) is 4.31 Å². The highest BCUT2D eigenvalue weighted by Gasteiger charge is 2.31. The Bertz CT molecular complexity index is 1150. The summed E-state index contributed by atoms with van der Waals surface area (Å²) in [6.45, 7) is 1.20. The Kier molecular flexibility index (Phi) is 5.37. The summed E-state index contributed by atoms with van der Waals surface area (Å²) in [6.07, 6.45) is 0. The Balaban J connectivity index is 1.77. The molecule has 0 spiro atoms. The first kappa shape index (κ1) is 20.2. The molecule has 1 fully saturated rings. The minimum atomic E-state index is -3.74. The van der Waals surface area contributed by atoms with Gasteiger partial charge >= 0.3 is 5.97 Å². The van der Waals surface area contributed by atoms with Crippen LogP contribution in [0.5, 0.6) is 0 Å². The zero-order valence-electron chi connectivity index (χ0n) is 16.1. The number of fused-ring (bicyclic) bond motifs is 1. The average Bonchev–Trinajstić information content (AvgIpc) is 3.08. The predicted molar refractivity (Wildman–Crippen MR) is 109 cm³/mol. The number of esters is 1. The predicted octanol–water partition coefficient (Wildman–Crippen LogP) is 1.57. The van der Waals surface area contributed by atoms with E-state index in [1.807, 2.05) is 0 Å². The number of carbonyl (C=O) groups is 2. The van der Waals surface area contributed by atoms with Crippen molar-refractivity contribution >= 4 is 39.0 Å². The van der Waals surface area contributed by atoms with Crippen molar-refractivity contribution in [2.45, 2.75) is 4.90 Å². The van der Waals surface area contributed by atoms with E-state index in [1.165, 1.54) is 35.7 Å². The number of anilines is 1. The van der Waals surface area contributed by atoms with Crippen molar-refractivity contribution in [2.24, 2.45) is 4.99 Å². The summed E-state index contributed by atoms with van der Waals surface area (Å²) in [4.78, 5) is 28.9. The summed E-state index contributed by atoms with van der Waals surface area (Å²) in [5, 5.41) is 2.67. The molecule has 2 heterocycles. The number of rotatable bonds is 4. The number of benzene rings is 2. The molecule has 1 saturated heterocycles. The lowest BCUT2D eigenvalue weighted by atomic mass is 10.1. The lowest BCUT2D eigenvalue weighted by Crippen LogP contribution is -2.40. The summed E-state index contributed by atoms with van der Waals surface area (Å²) in [5.74, 6) is -1.07. The Morgan fingerprint density at radius 1 is 1.17 bits per heavy atom. The number of aliphatic imine (C=N–C) groups is 1. The third kappa shape index (κ3) is 3.60. The molecule has 0 saturated carbocycles. The second-order valence-electron chi connectivity index (χ2n) is 6.65. The fourth-order valence-electron chi connectivity index (χ4n) is 3.31. The number of para-hydroxylation sites is 1. The summed E-state index contributed by atoms with van der Waals surface area (Å²) >= 11 is 0. The Labute approximate surface area is 173 Å². The van der Waals surface area contributed by atoms with Gasteiger partial charge in [-0.1, -0.05) is 12.1 Å². The van der Waals surface area contributed by atoms with Crippen molar-refractivity contribution in [3.8, 4) is 0 Å². The monoisotopic (exact) mass is 429 g/mol. The van der Waals surface area contributed by atoms with Crippen LogP contribution in [0.15, 0.2) is 52.4 Å². The highest BCUT2D eigenvalue weighted by molar-refractivity contribution is 7.89. The number of nitrogens with zero attached hydrogens (tertiary/aromatic N) is 2. The first-order valence-electron chi connectivity index (χ1n) is 9.21. The van der Waals surface area contributed by atoms with E-state index in [1.54, 1.807) is 18.2 Å². The maximum absolute atomic E-state index is 13.0. The zero-order chi connectivity index (χ0) is 21.3. The molecule has 0 aromatic heterocycles. The molecule has 9 nitrogen and oxygen atoms in total. The van der Waals surface area contributed by atoms with Crippen LogP contribution in [0.1, 0.15) is 15.9 Å². The van der Waals surface area contributed by atoms with Crippen LogP contribution in [0.2, 0.25) is 0 Å². The molecule has 4 rings (SSSR count). The van der Waals surface area contributed by atoms with Gasteiger partial charge < -0.3 is 14.8 Å². The molecule has 0 aliphatic carbocycles. The van der Waals surface area contributed by atoms with Gasteiger partial charge in [-0.2, -0.15) is 4.31 Å². The molecule has 2 aliphatic rings. The van der Waals surface area contributed by atoms with Gasteiger partial charge in [0.05, 0.1) is 42.2 Å². The van der Waals surface area contributed by atoms with Gasteiger partial charge in [0.2, 0.25) is 10.0 Å². The van der Waals surface area contributed by atoms with Gasteiger partial charge in [0.1, 0.15) is 5.71 Å². The minimum Gasteiger partial charge on any atom is -0.465 e. The fourth-order valence-corrected chi connectivity index (χ4v) is 4.75. The SMILES string of the molecule is COC(=O)c1ccccc1N=C1C(=O)Nc2ccc(S(=O)(=O)N3CCOCC3)cc21. The molecular weight excluding hydrogens is 410 g/mol. The van der Waals surface area contributed by atoms with Crippen LogP contribution in [-0.4, -0.2) is 63.7 Å². The summed E-state index contributed by atoms with van der Waals surface area (Å²) in [7, 11) is -2.48. The van der Waals surface area contributed by atoms with E-state index in [0.717, 1.165) is 0 Å². The van der Waals surface area contributed by atoms with E-state index >= 15 is 0 Å². The van der Waals surface area contributed by atoms with Gasteiger partial charge in [-0.15, -0.1) is 0 Å². The van der Waals surface area contributed by atoms with Crippen LogP contribution in [0.4, 0.5) is 11.4 Å². The quantitative estimate of drug-likeness (QED) is 0.738. The second kappa shape index (κ2) is 7.98. The summed E-state index contributed by atoms with van der Waals surface area (Å²) < 4.78 is 37.3. The topological polar surface area (TPSA) is 114 Å². The maximum Gasteiger partial charge on any atom is 0.340 e. The molecule has 1 N–H and O–H groups in total. The molecule has 0 unspecified atom stereocenters. The molecule has 2 aliphatic heterocycles. The van der Waals surface area contributed by atoms with E-state index in [9.17, 15) is 18.0 Å². The zero-order valence-corrected chi connectivity index (χ0v) is 16.9. The lowest BCUT2D eigenvalue weighted by molar-refractivity contribution is -0.110. The third-order valence-electron chi connectivity index (χ3n) is 4.86. The number of hydrogen-bond donors (Lipinski definition) is 1. The smallest absolute Gasteiger partial charge is 0.340 e. The largest absolute Gasteiger partial charge is 0.465 e. The number of morpholine rings is 1. The van der Waals surface area contributed by atoms with Gasteiger partial charge in [-0.05, 0) is 30.3 Å². The summed E-state index contributed by atoms with van der Waals surface area (Å²) in [6, 6.07) is 10.9. The molecule has 2 aromatic rings. The van der Waals surface area contributed by atoms with Crippen molar-refractivity contribution < 1.29 is 27.5 Å². The second-order valence-corrected chi connectivity index (χ2v) is 8.59. The van der Waals surface area contributed by atoms with Gasteiger partial charge in [0.25, 0.3) is 5.91 Å². The molecule has 30 heavy (non-hydrogen) atoms. The van der Waals surface area contributed by atoms with Gasteiger partial charge in [0, 0.05) is 18.7 Å². The standard InChI is InChI=1S/C20H19N3O6S/c1-28-20(25)14-4-2-3-5-16(14)21-18-15-12-13(6-7-17(15)22-19(18)24)30(26,27)23-8-10-29-11-9-23/h2-7,12H,8-11H2,1H3,(H,21,22,24). The van der Waals surface area contributed by atoms with Crippen LogP contribution >= 0.6 is 0 Å². The lowest BCUT2D eigenvalue weighted by Gasteiger charge is -2.26. The number of hydrogen-bond acceptors (Lipinski definition) is 7. The molecular formula is C20H19N3O6S. The van der Waals surface area contributed by atoms with Crippen molar-refractivity contribution in [3.05, 3.63) is 53.6 Å².